The molecule has 7 aromatic rings. The van der Waals surface area contributed by atoms with E-state index in [9.17, 15) is 0 Å². The third-order valence-corrected chi connectivity index (χ3v) is 12.2. The maximum Gasteiger partial charge on any atom is 0.136 e. The minimum absolute atomic E-state index is 0.953. The summed E-state index contributed by atoms with van der Waals surface area (Å²) in [5, 5.41) is 5.42. The van der Waals surface area contributed by atoms with E-state index in [1.165, 1.54) is 49.1 Å². The van der Waals surface area contributed by atoms with Crippen molar-refractivity contribution >= 4 is 57.4 Å². The summed E-state index contributed by atoms with van der Waals surface area (Å²) < 4.78 is 6.29. The van der Waals surface area contributed by atoms with Crippen LogP contribution in [0, 0.1) is 0 Å². The van der Waals surface area contributed by atoms with Gasteiger partial charge in [-0.15, -0.1) is 0 Å². The van der Waals surface area contributed by atoms with E-state index in [1.807, 2.05) is 0 Å². The summed E-state index contributed by atoms with van der Waals surface area (Å²) >= 11 is 0. The third kappa shape index (κ3) is 3.70. The molecule has 2 nitrogen and oxygen atoms in total. The number of anilines is 3. The smallest absolute Gasteiger partial charge is 0.136 e. The van der Waals surface area contributed by atoms with Gasteiger partial charge in [-0.3, -0.25) is 0 Å². The molecule has 0 spiro atoms. The molecule has 0 saturated heterocycles. The summed E-state index contributed by atoms with van der Waals surface area (Å²) in [6, 6.07) is 50.2. The van der Waals surface area contributed by atoms with Gasteiger partial charge in [-0.25, -0.2) is 0 Å². The molecule has 8 rings (SSSR count). The highest BCUT2D eigenvalue weighted by Gasteiger charge is 2.39. The zero-order valence-corrected chi connectivity index (χ0v) is 24.1. The van der Waals surface area contributed by atoms with Crippen molar-refractivity contribution in [3.63, 3.8) is 0 Å². The molecule has 0 aliphatic carbocycles. The van der Waals surface area contributed by atoms with Crippen molar-refractivity contribution < 1.29 is 4.42 Å². The Morgan fingerprint density at radius 3 is 1.93 bits per heavy atom. The zero-order valence-electron chi connectivity index (χ0n) is 23.1. The van der Waals surface area contributed by atoms with Gasteiger partial charge in [0.25, 0.3) is 0 Å². The quantitative estimate of drug-likeness (QED) is 0.206. The summed E-state index contributed by atoms with van der Waals surface area (Å²) in [6.45, 7) is 4.97. The van der Waals surface area contributed by atoms with Crippen LogP contribution in [0.25, 0.3) is 44.2 Å². The van der Waals surface area contributed by atoms with E-state index in [4.69, 9.17) is 4.42 Å². The van der Waals surface area contributed by atoms with E-state index in [0.717, 1.165) is 22.5 Å². The van der Waals surface area contributed by atoms with Crippen molar-refractivity contribution in [2.24, 2.45) is 0 Å². The van der Waals surface area contributed by atoms with E-state index in [1.54, 1.807) is 0 Å². The van der Waals surface area contributed by atoms with Crippen LogP contribution in [-0.2, 0) is 0 Å². The molecule has 0 atom stereocenters. The van der Waals surface area contributed by atoms with Crippen LogP contribution >= 0.6 is 0 Å². The number of benzene rings is 6. The minimum atomic E-state index is -1.96. The molecule has 0 unspecified atom stereocenters. The Bertz CT molecular complexity index is 2060. The van der Waals surface area contributed by atoms with Gasteiger partial charge in [0.1, 0.15) is 19.2 Å². The number of furan rings is 1. The maximum atomic E-state index is 6.29. The largest absolute Gasteiger partial charge is 0.456 e. The highest BCUT2D eigenvalue weighted by atomic mass is 28.3. The Morgan fingerprint density at radius 1 is 0.512 bits per heavy atom. The molecule has 3 heteroatoms. The van der Waals surface area contributed by atoms with Gasteiger partial charge in [0.05, 0.1) is 0 Å². The fourth-order valence-corrected chi connectivity index (χ4v) is 9.69. The molecule has 0 fully saturated rings. The first kappa shape index (κ1) is 24.0. The molecular weight excluding hydrogens is 515 g/mol. The first-order valence-corrected chi connectivity index (χ1v) is 17.2. The molecule has 196 valence electrons. The van der Waals surface area contributed by atoms with Gasteiger partial charge in [-0.1, -0.05) is 104 Å². The lowest BCUT2D eigenvalue weighted by Crippen LogP contribution is -2.49. The number of para-hydroxylation sites is 2. The fraction of sp³-hybridized carbons (Fsp3) is 0.0526. The monoisotopic (exact) mass is 543 g/mol. The van der Waals surface area contributed by atoms with Crippen LogP contribution in [0.5, 0.6) is 0 Å². The van der Waals surface area contributed by atoms with Crippen LogP contribution in [0.15, 0.2) is 144 Å². The van der Waals surface area contributed by atoms with Gasteiger partial charge < -0.3 is 9.32 Å². The highest BCUT2D eigenvalue weighted by Crippen LogP contribution is 2.42. The molecule has 2 heterocycles. The van der Waals surface area contributed by atoms with Crippen molar-refractivity contribution in [3.8, 4) is 22.3 Å². The first-order chi connectivity index (χ1) is 20.1. The predicted octanol–water partition coefficient (Wildman–Crippen LogP) is 9.53. The number of hydrogen-bond donors (Lipinski definition) is 0. The summed E-state index contributed by atoms with van der Waals surface area (Å²) in [7, 11) is -1.96. The number of fused-ring (bicyclic) bond motifs is 7. The average Bonchev–Trinajstić information content (AvgIpc) is 3.51. The first-order valence-electron chi connectivity index (χ1n) is 14.2. The Labute approximate surface area is 241 Å². The fourth-order valence-electron chi connectivity index (χ4n) is 6.63. The number of nitrogens with zero attached hydrogens (tertiary/aromatic N) is 1. The highest BCUT2D eigenvalue weighted by molar-refractivity contribution is 7.04. The molecule has 0 bridgehead atoms. The molecule has 0 amide bonds. The van der Waals surface area contributed by atoms with Gasteiger partial charge >= 0.3 is 0 Å². The average molecular weight is 544 g/mol. The SMILES string of the molecule is C[Si]1(C)c2cc(N(c3ccccc3)c3ccc(-c4ccccc4)cc3)ccc2-c2c1ccc1oc3ccccc3c21. The summed E-state index contributed by atoms with van der Waals surface area (Å²) in [4.78, 5) is 2.38. The Hall–Kier alpha value is -4.86. The molecule has 6 aromatic carbocycles. The maximum absolute atomic E-state index is 6.29. The van der Waals surface area contributed by atoms with Crippen LogP contribution in [-0.4, -0.2) is 8.07 Å². The molecule has 0 N–H and O–H groups in total. The van der Waals surface area contributed by atoms with Gasteiger partial charge in [0, 0.05) is 27.8 Å². The normalized spacial score (nSPS) is 13.3. The van der Waals surface area contributed by atoms with Crippen molar-refractivity contribution in [1.29, 1.82) is 0 Å². The van der Waals surface area contributed by atoms with E-state index in [0.29, 0.717) is 0 Å². The van der Waals surface area contributed by atoms with Gasteiger partial charge in [0.2, 0.25) is 0 Å². The molecule has 0 radical (unpaired) electrons. The second-order valence-electron chi connectivity index (χ2n) is 11.4. The summed E-state index contributed by atoms with van der Waals surface area (Å²) in [6.07, 6.45) is 0. The van der Waals surface area contributed by atoms with E-state index < -0.39 is 8.07 Å². The standard InChI is InChI=1S/C38H29NOSi/c1-41(2)35-24-23-34-37(31-15-9-10-16-33(31)40-34)38(35)32-22-21-30(25-36(32)41)39(28-13-7-4-8-14-28)29-19-17-27(18-20-29)26-11-5-3-6-12-26/h3-25H,1-2H3. The predicted molar refractivity (Wildman–Crippen MR) is 176 cm³/mol. The van der Waals surface area contributed by atoms with Crippen molar-refractivity contribution in [1.82, 2.24) is 0 Å². The lowest BCUT2D eigenvalue weighted by atomic mass is 9.99. The van der Waals surface area contributed by atoms with Gasteiger partial charge in [0.15, 0.2) is 0 Å². The second-order valence-corrected chi connectivity index (χ2v) is 15.7. The summed E-state index contributed by atoms with van der Waals surface area (Å²) in [5.41, 5.74) is 10.6. The van der Waals surface area contributed by atoms with Crippen LogP contribution < -0.4 is 15.3 Å². The second kappa shape index (κ2) is 9.08. The molecule has 1 aliphatic heterocycles. The van der Waals surface area contributed by atoms with Crippen molar-refractivity contribution in [2.75, 3.05) is 4.90 Å². The molecule has 1 aromatic heterocycles. The van der Waals surface area contributed by atoms with Crippen molar-refractivity contribution in [3.05, 3.63) is 140 Å². The van der Waals surface area contributed by atoms with Gasteiger partial charge in [-0.05, 0) is 81.2 Å². The van der Waals surface area contributed by atoms with Crippen LogP contribution in [0.4, 0.5) is 17.1 Å². The molecule has 1 aliphatic rings. The van der Waals surface area contributed by atoms with Crippen LogP contribution in [0.1, 0.15) is 0 Å². The molecule has 41 heavy (non-hydrogen) atoms. The van der Waals surface area contributed by atoms with Crippen molar-refractivity contribution in [2.45, 2.75) is 13.1 Å². The Morgan fingerprint density at radius 2 is 1.15 bits per heavy atom. The van der Waals surface area contributed by atoms with Crippen LogP contribution in [0.3, 0.4) is 0 Å². The Kier molecular flexibility index (Phi) is 5.31. The number of hydrogen-bond acceptors (Lipinski definition) is 2. The van der Waals surface area contributed by atoms with Gasteiger partial charge in [-0.2, -0.15) is 0 Å². The minimum Gasteiger partial charge on any atom is -0.456 e. The summed E-state index contributed by atoms with van der Waals surface area (Å²) in [5.74, 6) is 0. The Balaban J connectivity index is 1.30. The van der Waals surface area contributed by atoms with E-state index in [2.05, 4.69) is 158 Å². The lowest BCUT2D eigenvalue weighted by molar-refractivity contribution is 0.669. The lowest BCUT2D eigenvalue weighted by Gasteiger charge is -2.27. The number of rotatable bonds is 4. The van der Waals surface area contributed by atoms with Crippen LogP contribution in [0.2, 0.25) is 13.1 Å². The topological polar surface area (TPSA) is 16.4 Å². The van der Waals surface area contributed by atoms with E-state index >= 15 is 0 Å². The molecule has 0 saturated carbocycles. The zero-order chi connectivity index (χ0) is 27.6. The third-order valence-electron chi connectivity index (χ3n) is 8.67. The van der Waals surface area contributed by atoms with E-state index in [-0.39, 0.29) is 0 Å². The molecular formula is C38H29NOSi.